The molecule has 0 atom stereocenters. The monoisotopic (exact) mass is 274 g/mol. The number of hydrogen-bond donors (Lipinski definition) is 1. The molecular formula is C14H14N2O4. The molecule has 0 radical (unpaired) electrons. The molecule has 6 nitrogen and oxygen atoms in total. The normalized spacial score (nSPS) is 9.90. The lowest BCUT2D eigenvalue weighted by Crippen LogP contribution is -2.04. The second kappa shape index (κ2) is 5.92. The Morgan fingerprint density at radius 3 is 2.60 bits per heavy atom. The van der Waals surface area contributed by atoms with Crippen LogP contribution in [-0.4, -0.2) is 25.2 Å². The van der Waals surface area contributed by atoms with E-state index in [1.54, 1.807) is 30.3 Å². The van der Waals surface area contributed by atoms with Gasteiger partial charge in [-0.25, -0.2) is 9.78 Å². The van der Waals surface area contributed by atoms with Crippen LogP contribution in [0.25, 0.3) is 0 Å². The summed E-state index contributed by atoms with van der Waals surface area (Å²) in [5, 5.41) is 0. The number of methoxy groups -OCH3 is 2. The summed E-state index contributed by atoms with van der Waals surface area (Å²) in [6.07, 6.45) is 1.47. The minimum absolute atomic E-state index is 0.255. The van der Waals surface area contributed by atoms with E-state index in [-0.39, 0.29) is 5.56 Å². The highest BCUT2D eigenvalue weighted by atomic mass is 16.5. The SMILES string of the molecule is COC(=O)c1cc(OC)ccc1Oc1ccc(N)cn1. The predicted molar refractivity (Wildman–Crippen MR) is 73.1 cm³/mol. The van der Waals surface area contributed by atoms with Crippen LogP contribution >= 0.6 is 0 Å². The van der Waals surface area contributed by atoms with Crippen molar-refractivity contribution in [1.82, 2.24) is 4.98 Å². The highest BCUT2D eigenvalue weighted by Crippen LogP contribution is 2.28. The van der Waals surface area contributed by atoms with E-state index in [1.807, 2.05) is 0 Å². The van der Waals surface area contributed by atoms with E-state index >= 15 is 0 Å². The standard InChI is InChI=1S/C14H14N2O4/c1-18-10-4-5-12(11(7-10)14(17)19-2)20-13-6-3-9(15)8-16-13/h3-8H,15H2,1-2H3. The molecule has 2 aromatic rings. The second-order valence-electron chi connectivity index (χ2n) is 3.89. The van der Waals surface area contributed by atoms with Crippen molar-refractivity contribution in [2.45, 2.75) is 0 Å². The first-order valence-corrected chi connectivity index (χ1v) is 5.79. The number of hydrogen-bond acceptors (Lipinski definition) is 6. The van der Waals surface area contributed by atoms with E-state index in [0.717, 1.165) is 0 Å². The second-order valence-corrected chi connectivity index (χ2v) is 3.89. The van der Waals surface area contributed by atoms with Crippen molar-refractivity contribution in [3.63, 3.8) is 0 Å². The molecule has 1 aromatic heterocycles. The molecule has 0 aliphatic heterocycles. The molecule has 0 fully saturated rings. The number of anilines is 1. The summed E-state index contributed by atoms with van der Waals surface area (Å²) < 4.78 is 15.4. The Labute approximate surface area is 116 Å². The number of ether oxygens (including phenoxy) is 3. The third kappa shape index (κ3) is 2.97. The fourth-order valence-corrected chi connectivity index (χ4v) is 1.56. The smallest absolute Gasteiger partial charge is 0.341 e. The molecule has 0 saturated heterocycles. The number of rotatable bonds is 4. The maximum absolute atomic E-state index is 11.7. The highest BCUT2D eigenvalue weighted by molar-refractivity contribution is 5.93. The van der Waals surface area contributed by atoms with E-state index in [2.05, 4.69) is 4.98 Å². The molecule has 0 amide bonds. The number of esters is 1. The Bertz CT molecular complexity index is 611. The fraction of sp³-hybridized carbons (Fsp3) is 0.143. The molecule has 0 spiro atoms. The zero-order chi connectivity index (χ0) is 14.5. The maximum atomic E-state index is 11.7. The van der Waals surface area contributed by atoms with Crippen molar-refractivity contribution in [1.29, 1.82) is 0 Å². The number of aromatic nitrogens is 1. The summed E-state index contributed by atoms with van der Waals surface area (Å²) in [6.45, 7) is 0. The summed E-state index contributed by atoms with van der Waals surface area (Å²) in [5.74, 6) is 0.668. The zero-order valence-electron chi connectivity index (χ0n) is 11.1. The van der Waals surface area contributed by atoms with Gasteiger partial charge < -0.3 is 19.9 Å². The average molecular weight is 274 g/mol. The van der Waals surface area contributed by atoms with Crippen LogP contribution in [0.3, 0.4) is 0 Å². The van der Waals surface area contributed by atoms with Crippen LogP contribution < -0.4 is 15.2 Å². The Kier molecular flexibility index (Phi) is 4.05. The lowest BCUT2D eigenvalue weighted by atomic mass is 10.2. The zero-order valence-corrected chi connectivity index (χ0v) is 11.1. The van der Waals surface area contributed by atoms with Gasteiger partial charge in [-0.2, -0.15) is 0 Å². The lowest BCUT2D eigenvalue weighted by molar-refractivity contribution is 0.0597. The van der Waals surface area contributed by atoms with Crippen LogP contribution in [0.2, 0.25) is 0 Å². The van der Waals surface area contributed by atoms with E-state index in [0.29, 0.717) is 23.1 Å². The number of nitrogens with zero attached hydrogens (tertiary/aromatic N) is 1. The molecule has 0 bridgehead atoms. The van der Waals surface area contributed by atoms with Crippen molar-refractivity contribution in [2.24, 2.45) is 0 Å². The topological polar surface area (TPSA) is 83.7 Å². The predicted octanol–water partition coefficient (Wildman–Crippen LogP) is 2.25. The molecule has 1 aromatic carbocycles. The first-order valence-electron chi connectivity index (χ1n) is 5.79. The number of benzene rings is 1. The third-order valence-corrected chi connectivity index (χ3v) is 2.57. The summed E-state index contributed by atoms with van der Waals surface area (Å²) >= 11 is 0. The largest absolute Gasteiger partial charge is 0.497 e. The van der Waals surface area contributed by atoms with Gasteiger partial charge >= 0.3 is 5.97 Å². The van der Waals surface area contributed by atoms with Crippen LogP contribution in [0.1, 0.15) is 10.4 Å². The van der Waals surface area contributed by atoms with Crippen LogP contribution in [-0.2, 0) is 4.74 Å². The van der Waals surface area contributed by atoms with Gasteiger partial charge in [-0.15, -0.1) is 0 Å². The molecule has 6 heteroatoms. The average Bonchev–Trinajstić information content (AvgIpc) is 2.49. The van der Waals surface area contributed by atoms with Gasteiger partial charge in [-0.3, -0.25) is 0 Å². The molecule has 0 saturated carbocycles. The Morgan fingerprint density at radius 2 is 2.00 bits per heavy atom. The Hall–Kier alpha value is -2.76. The van der Waals surface area contributed by atoms with E-state index in [1.165, 1.54) is 20.4 Å². The molecular weight excluding hydrogens is 260 g/mol. The Balaban J connectivity index is 2.35. The Morgan fingerprint density at radius 1 is 1.20 bits per heavy atom. The molecule has 0 aliphatic carbocycles. The van der Waals surface area contributed by atoms with E-state index < -0.39 is 5.97 Å². The lowest BCUT2D eigenvalue weighted by Gasteiger charge is -2.10. The van der Waals surface area contributed by atoms with Crippen LogP contribution in [0.5, 0.6) is 17.4 Å². The number of nitrogens with two attached hydrogens (primary N) is 1. The van der Waals surface area contributed by atoms with Crippen molar-refractivity contribution in [3.05, 3.63) is 42.1 Å². The van der Waals surface area contributed by atoms with Gasteiger partial charge in [-0.1, -0.05) is 0 Å². The number of carbonyl (C=O) groups is 1. The summed E-state index contributed by atoms with van der Waals surface area (Å²) in [7, 11) is 2.81. The summed E-state index contributed by atoms with van der Waals surface area (Å²) in [4.78, 5) is 15.8. The van der Waals surface area contributed by atoms with Crippen LogP contribution in [0.15, 0.2) is 36.5 Å². The van der Waals surface area contributed by atoms with E-state index in [9.17, 15) is 4.79 Å². The molecule has 2 N–H and O–H groups in total. The third-order valence-electron chi connectivity index (χ3n) is 2.57. The molecule has 0 aliphatic rings. The van der Waals surface area contributed by atoms with Gasteiger partial charge in [-0.05, 0) is 24.3 Å². The number of pyridine rings is 1. The molecule has 1 heterocycles. The fourth-order valence-electron chi connectivity index (χ4n) is 1.56. The summed E-state index contributed by atoms with van der Waals surface area (Å²) in [6, 6.07) is 8.10. The molecule has 20 heavy (non-hydrogen) atoms. The minimum atomic E-state index is -0.519. The highest BCUT2D eigenvalue weighted by Gasteiger charge is 2.15. The van der Waals surface area contributed by atoms with E-state index in [4.69, 9.17) is 19.9 Å². The van der Waals surface area contributed by atoms with Crippen molar-refractivity contribution in [3.8, 4) is 17.4 Å². The van der Waals surface area contributed by atoms with Gasteiger partial charge in [0, 0.05) is 6.07 Å². The maximum Gasteiger partial charge on any atom is 0.341 e. The van der Waals surface area contributed by atoms with Crippen LogP contribution in [0, 0.1) is 0 Å². The number of carbonyl (C=O) groups excluding carboxylic acids is 1. The van der Waals surface area contributed by atoms with Gasteiger partial charge in [0.15, 0.2) is 0 Å². The molecule has 2 rings (SSSR count). The summed E-state index contributed by atoms with van der Waals surface area (Å²) in [5.41, 5.74) is 6.33. The van der Waals surface area contributed by atoms with Gasteiger partial charge in [0.05, 0.1) is 26.1 Å². The first-order chi connectivity index (χ1) is 9.63. The van der Waals surface area contributed by atoms with Gasteiger partial charge in [0.1, 0.15) is 17.1 Å². The van der Waals surface area contributed by atoms with Crippen molar-refractivity contribution >= 4 is 11.7 Å². The van der Waals surface area contributed by atoms with Crippen molar-refractivity contribution < 1.29 is 19.0 Å². The first kappa shape index (κ1) is 13.7. The molecule has 0 unspecified atom stereocenters. The quantitative estimate of drug-likeness (QED) is 0.861. The number of nitrogen functional groups attached to an aromatic ring is 1. The van der Waals surface area contributed by atoms with Crippen molar-refractivity contribution in [2.75, 3.05) is 20.0 Å². The van der Waals surface area contributed by atoms with Gasteiger partial charge in [0.25, 0.3) is 0 Å². The molecule has 104 valence electrons. The minimum Gasteiger partial charge on any atom is -0.497 e. The van der Waals surface area contributed by atoms with Crippen LogP contribution in [0.4, 0.5) is 5.69 Å². The van der Waals surface area contributed by atoms with Gasteiger partial charge in [0.2, 0.25) is 5.88 Å².